The summed E-state index contributed by atoms with van der Waals surface area (Å²) in [6.45, 7) is 1.07. The molecule has 26 heavy (non-hydrogen) atoms. The maximum absolute atomic E-state index is 6.13. The molecule has 4 heterocycles. The fourth-order valence-corrected chi connectivity index (χ4v) is 4.18. The molecular formula is C21H18N4O. The van der Waals surface area contributed by atoms with Crippen molar-refractivity contribution < 1.29 is 4.74 Å². The average molecular weight is 342 g/mol. The minimum Gasteiger partial charge on any atom is -0.453 e. The Hall–Kier alpha value is -3.05. The van der Waals surface area contributed by atoms with Crippen molar-refractivity contribution in [2.45, 2.75) is 18.9 Å². The van der Waals surface area contributed by atoms with Crippen LogP contribution in [0.2, 0.25) is 0 Å². The molecule has 0 saturated carbocycles. The van der Waals surface area contributed by atoms with Crippen LogP contribution < -0.4 is 10.1 Å². The van der Waals surface area contributed by atoms with E-state index in [0.29, 0.717) is 6.04 Å². The number of hydrogen-bond acceptors (Lipinski definition) is 3. The summed E-state index contributed by atoms with van der Waals surface area (Å²) in [5, 5.41) is 4.67. The van der Waals surface area contributed by atoms with Crippen LogP contribution in [0.5, 0.6) is 11.5 Å². The first-order chi connectivity index (χ1) is 12.9. The second-order valence-corrected chi connectivity index (χ2v) is 6.96. The molecule has 0 unspecified atom stereocenters. The van der Waals surface area contributed by atoms with E-state index in [0.717, 1.165) is 52.8 Å². The second kappa shape index (κ2) is 5.22. The van der Waals surface area contributed by atoms with Gasteiger partial charge < -0.3 is 19.6 Å². The first-order valence-electron chi connectivity index (χ1n) is 9.08. The van der Waals surface area contributed by atoms with E-state index in [1.807, 2.05) is 24.4 Å². The lowest BCUT2D eigenvalue weighted by molar-refractivity contribution is 0.475. The summed E-state index contributed by atoms with van der Waals surface area (Å²) in [5.41, 5.74) is 4.39. The van der Waals surface area contributed by atoms with Gasteiger partial charge >= 0.3 is 0 Å². The molecule has 0 spiro atoms. The number of aromatic amines is 1. The van der Waals surface area contributed by atoms with E-state index >= 15 is 0 Å². The molecule has 0 bridgehead atoms. The molecule has 2 aromatic carbocycles. The van der Waals surface area contributed by atoms with Gasteiger partial charge in [-0.3, -0.25) is 0 Å². The molecule has 1 fully saturated rings. The Morgan fingerprint density at radius 1 is 1.08 bits per heavy atom. The highest BCUT2D eigenvalue weighted by Crippen LogP contribution is 2.43. The normalized spacial score (nSPS) is 18.1. The molecule has 0 amide bonds. The van der Waals surface area contributed by atoms with Crippen LogP contribution in [0, 0.1) is 0 Å². The smallest absolute Gasteiger partial charge is 0.152 e. The number of para-hydroxylation sites is 2. The minimum atomic E-state index is 0.345. The van der Waals surface area contributed by atoms with Gasteiger partial charge in [-0.2, -0.15) is 0 Å². The Morgan fingerprint density at radius 2 is 2.04 bits per heavy atom. The molecule has 0 radical (unpaired) electrons. The zero-order valence-corrected chi connectivity index (χ0v) is 14.2. The number of nitrogens with one attached hydrogen (secondary N) is 2. The fourth-order valence-electron chi connectivity index (χ4n) is 4.18. The number of aromatic nitrogens is 3. The summed E-state index contributed by atoms with van der Waals surface area (Å²) >= 11 is 0. The molecule has 5 nitrogen and oxygen atoms in total. The standard InChI is InChI=1S/C21H18N4O/c1-2-6-18-17(5-1)25-11-9-14-13(7-8-19(26-18)20(14)25)16-12-23-21(24-16)15-4-3-10-22-15/h1-2,5-9,11-12,15,22H,3-4,10H2,(H,23,24)/t15-/m0/s1. The lowest BCUT2D eigenvalue weighted by atomic mass is 10.1. The summed E-state index contributed by atoms with van der Waals surface area (Å²) in [7, 11) is 0. The van der Waals surface area contributed by atoms with Crippen molar-refractivity contribution in [2.24, 2.45) is 0 Å². The summed E-state index contributed by atoms with van der Waals surface area (Å²) in [6.07, 6.45) is 6.41. The number of nitrogens with zero attached hydrogens (tertiary/aromatic N) is 2. The van der Waals surface area contributed by atoms with Crippen LogP contribution in [0.1, 0.15) is 24.7 Å². The van der Waals surface area contributed by atoms with Crippen LogP contribution >= 0.6 is 0 Å². The van der Waals surface area contributed by atoms with Gasteiger partial charge in [0, 0.05) is 17.1 Å². The van der Waals surface area contributed by atoms with E-state index < -0.39 is 0 Å². The third-order valence-corrected chi connectivity index (χ3v) is 5.43. The highest BCUT2D eigenvalue weighted by Gasteiger charge is 2.23. The van der Waals surface area contributed by atoms with Gasteiger partial charge in [0.2, 0.25) is 0 Å². The number of hydrogen-bond donors (Lipinski definition) is 2. The number of ether oxygens (including phenoxy) is 1. The third-order valence-electron chi connectivity index (χ3n) is 5.43. The van der Waals surface area contributed by atoms with Crippen LogP contribution in [-0.2, 0) is 0 Å². The number of rotatable bonds is 2. The van der Waals surface area contributed by atoms with Gasteiger partial charge in [-0.05, 0) is 49.7 Å². The van der Waals surface area contributed by atoms with Gasteiger partial charge in [0.05, 0.1) is 29.1 Å². The van der Waals surface area contributed by atoms with Gasteiger partial charge in [-0.25, -0.2) is 4.98 Å². The Bertz CT molecular complexity index is 1130. The Labute approximate surface area is 150 Å². The van der Waals surface area contributed by atoms with Crippen molar-refractivity contribution >= 4 is 10.9 Å². The van der Waals surface area contributed by atoms with Crippen molar-refractivity contribution in [2.75, 3.05) is 6.54 Å². The van der Waals surface area contributed by atoms with Crippen LogP contribution in [0.4, 0.5) is 0 Å². The van der Waals surface area contributed by atoms with E-state index in [9.17, 15) is 0 Å². The lowest BCUT2D eigenvalue weighted by Crippen LogP contribution is -2.14. The van der Waals surface area contributed by atoms with Gasteiger partial charge in [0.15, 0.2) is 11.5 Å². The highest BCUT2D eigenvalue weighted by atomic mass is 16.5. The Morgan fingerprint density at radius 3 is 2.96 bits per heavy atom. The van der Waals surface area contributed by atoms with E-state index in [4.69, 9.17) is 4.74 Å². The SMILES string of the molecule is c1ccc2c(c1)Oc1ccc(-c3cnc([C@@H]4CCCN4)[nH]3)c3ccn-2c13. The van der Waals surface area contributed by atoms with Crippen LogP contribution in [0.25, 0.3) is 27.8 Å². The topological polar surface area (TPSA) is 54.9 Å². The maximum Gasteiger partial charge on any atom is 0.152 e. The van der Waals surface area contributed by atoms with Gasteiger partial charge in [0.25, 0.3) is 0 Å². The van der Waals surface area contributed by atoms with Gasteiger partial charge in [-0.15, -0.1) is 0 Å². The van der Waals surface area contributed by atoms with E-state index in [1.165, 1.54) is 11.8 Å². The maximum atomic E-state index is 6.13. The minimum absolute atomic E-state index is 0.345. The zero-order valence-electron chi connectivity index (χ0n) is 14.2. The molecule has 2 aliphatic heterocycles. The molecule has 4 aromatic rings. The highest BCUT2D eigenvalue weighted by molar-refractivity contribution is 6.00. The molecule has 6 rings (SSSR count). The largest absolute Gasteiger partial charge is 0.453 e. The molecule has 0 aliphatic carbocycles. The molecule has 5 heteroatoms. The first kappa shape index (κ1) is 14.2. The number of H-pyrrole nitrogens is 1. The van der Waals surface area contributed by atoms with Crippen molar-refractivity contribution in [3.8, 4) is 28.4 Å². The molecule has 1 atom stereocenters. The van der Waals surface area contributed by atoms with Crippen molar-refractivity contribution in [1.29, 1.82) is 0 Å². The predicted molar refractivity (Wildman–Crippen MR) is 101 cm³/mol. The zero-order chi connectivity index (χ0) is 17.1. The van der Waals surface area contributed by atoms with Crippen molar-refractivity contribution in [1.82, 2.24) is 19.9 Å². The Balaban J connectivity index is 1.51. The van der Waals surface area contributed by atoms with Crippen LogP contribution in [0.3, 0.4) is 0 Å². The van der Waals surface area contributed by atoms with Crippen LogP contribution in [0.15, 0.2) is 54.9 Å². The van der Waals surface area contributed by atoms with E-state index in [1.54, 1.807) is 0 Å². The fraction of sp³-hybridized carbons (Fsp3) is 0.190. The second-order valence-electron chi connectivity index (χ2n) is 6.96. The van der Waals surface area contributed by atoms with Gasteiger partial charge in [-0.1, -0.05) is 12.1 Å². The lowest BCUT2D eigenvalue weighted by Gasteiger charge is -2.20. The molecule has 1 saturated heterocycles. The van der Waals surface area contributed by atoms with Gasteiger partial charge in [0.1, 0.15) is 5.82 Å². The molecule has 128 valence electrons. The summed E-state index contributed by atoms with van der Waals surface area (Å²) in [4.78, 5) is 8.15. The summed E-state index contributed by atoms with van der Waals surface area (Å²) in [5.74, 6) is 2.81. The first-order valence-corrected chi connectivity index (χ1v) is 9.08. The quantitative estimate of drug-likeness (QED) is 0.495. The average Bonchev–Trinajstić information content (AvgIpc) is 3.43. The predicted octanol–water partition coefficient (Wildman–Crippen LogP) is 4.55. The van der Waals surface area contributed by atoms with E-state index in [2.05, 4.69) is 50.3 Å². The Kier molecular flexibility index (Phi) is 2.84. The molecule has 2 N–H and O–H groups in total. The van der Waals surface area contributed by atoms with Crippen molar-refractivity contribution in [3.05, 3.63) is 60.7 Å². The van der Waals surface area contributed by atoms with E-state index in [-0.39, 0.29) is 0 Å². The van der Waals surface area contributed by atoms with Crippen LogP contribution in [-0.4, -0.2) is 21.1 Å². The number of benzene rings is 2. The number of fused-ring (bicyclic) bond motifs is 2. The third kappa shape index (κ3) is 1.92. The van der Waals surface area contributed by atoms with Crippen molar-refractivity contribution in [3.63, 3.8) is 0 Å². The summed E-state index contributed by atoms with van der Waals surface area (Å²) < 4.78 is 8.34. The molecule has 2 aromatic heterocycles. The number of imidazole rings is 1. The molecule has 2 aliphatic rings. The summed E-state index contributed by atoms with van der Waals surface area (Å²) in [6, 6.07) is 14.8. The molecular weight excluding hydrogens is 324 g/mol. The monoisotopic (exact) mass is 342 g/mol.